The van der Waals surface area contributed by atoms with E-state index in [1.54, 1.807) is 6.07 Å². The third-order valence-corrected chi connectivity index (χ3v) is 2.76. The van der Waals surface area contributed by atoms with Gasteiger partial charge in [-0.2, -0.15) is 13.2 Å². The molecule has 4 nitrogen and oxygen atoms in total. The van der Waals surface area contributed by atoms with Crippen LogP contribution in [0.5, 0.6) is 0 Å². The van der Waals surface area contributed by atoms with E-state index < -0.39 is 30.3 Å². The molecule has 0 spiro atoms. The second-order valence-electron chi connectivity index (χ2n) is 4.41. The number of halogens is 4. The average Bonchev–Trinajstić information content (AvgIpc) is 2.36. The van der Waals surface area contributed by atoms with Gasteiger partial charge in [-0.1, -0.05) is 23.4 Å². The summed E-state index contributed by atoms with van der Waals surface area (Å²) in [5.41, 5.74) is 5.33. The van der Waals surface area contributed by atoms with Crippen LogP contribution in [-0.4, -0.2) is 35.7 Å². The SMILES string of the molecule is CN(Cc1ccccc1F)CC(/C(N)=N/O)C(F)(F)F. The van der Waals surface area contributed by atoms with E-state index in [0.717, 1.165) is 0 Å². The molecule has 1 unspecified atom stereocenters. The standard InChI is InChI=1S/C12H15F4N3O/c1-19(6-8-4-2-3-5-10(8)13)7-9(11(17)18-20)12(14,15)16/h2-5,9,20H,6-7H2,1H3,(H2,17,18). The molecular weight excluding hydrogens is 278 g/mol. The molecule has 112 valence electrons. The summed E-state index contributed by atoms with van der Waals surface area (Å²) in [5.74, 6) is -3.52. The molecule has 0 saturated carbocycles. The first-order valence-electron chi connectivity index (χ1n) is 5.71. The normalized spacial score (nSPS) is 14.6. The summed E-state index contributed by atoms with van der Waals surface area (Å²) >= 11 is 0. The molecule has 0 radical (unpaired) electrons. The number of nitrogens with two attached hydrogens (primary N) is 1. The van der Waals surface area contributed by atoms with Gasteiger partial charge in [-0.05, 0) is 13.1 Å². The van der Waals surface area contributed by atoms with Crippen LogP contribution in [-0.2, 0) is 6.54 Å². The van der Waals surface area contributed by atoms with Crippen LogP contribution in [0.15, 0.2) is 29.4 Å². The van der Waals surface area contributed by atoms with E-state index >= 15 is 0 Å². The highest BCUT2D eigenvalue weighted by atomic mass is 19.4. The Kier molecular flexibility index (Phi) is 5.32. The fraction of sp³-hybridized carbons (Fsp3) is 0.417. The highest BCUT2D eigenvalue weighted by Gasteiger charge is 2.43. The Hall–Kier alpha value is -1.83. The molecule has 0 aliphatic rings. The molecule has 1 atom stereocenters. The van der Waals surface area contributed by atoms with Gasteiger partial charge in [0.25, 0.3) is 0 Å². The van der Waals surface area contributed by atoms with Crippen LogP contribution in [0.1, 0.15) is 5.56 Å². The Morgan fingerprint density at radius 2 is 2.00 bits per heavy atom. The van der Waals surface area contributed by atoms with E-state index in [2.05, 4.69) is 5.16 Å². The maximum Gasteiger partial charge on any atom is 0.400 e. The Morgan fingerprint density at radius 3 is 2.50 bits per heavy atom. The van der Waals surface area contributed by atoms with Gasteiger partial charge in [-0.25, -0.2) is 4.39 Å². The summed E-state index contributed by atoms with van der Waals surface area (Å²) in [6.07, 6.45) is -4.64. The molecule has 3 N–H and O–H groups in total. The van der Waals surface area contributed by atoms with Crippen LogP contribution in [0, 0.1) is 11.7 Å². The van der Waals surface area contributed by atoms with Crippen molar-refractivity contribution in [1.29, 1.82) is 0 Å². The van der Waals surface area contributed by atoms with E-state index in [-0.39, 0.29) is 12.1 Å². The predicted octanol–water partition coefficient (Wildman–Crippen LogP) is 2.18. The van der Waals surface area contributed by atoms with E-state index in [0.29, 0.717) is 0 Å². The van der Waals surface area contributed by atoms with Gasteiger partial charge < -0.3 is 15.8 Å². The maximum absolute atomic E-state index is 13.4. The Morgan fingerprint density at radius 1 is 1.40 bits per heavy atom. The lowest BCUT2D eigenvalue weighted by molar-refractivity contribution is -0.159. The van der Waals surface area contributed by atoms with Gasteiger partial charge in [0.1, 0.15) is 11.7 Å². The Balaban J connectivity index is 2.77. The van der Waals surface area contributed by atoms with Crippen molar-refractivity contribution in [3.63, 3.8) is 0 Å². The molecule has 0 aromatic heterocycles. The zero-order chi connectivity index (χ0) is 15.3. The van der Waals surface area contributed by atoms with Crippen LogP contribution in [0.2, 0.25) is 0 Å². The Labute approximate surface area is 113 Å². The maximum atomic E-state index is 13.4. The van der Waals surface area contributed by atoms with Gasteiger partial charge in [0.15, 0.2) is 5.84 Å². The summed E-state index contributed by atoms with van der Waals surface area (Å²) < 4.78 is 51.7. The van der Waals surface area contributed by atoms with E-state index in [4.69, 9.17) is 10.9 Å². The minimum absolute atomic E-state index is 0.0159. The monoisotopic (exact) mass is 293 g/mol. The smallest absolute Gasteiger partial charge is 0.400 e. The summed E-state index contributed by atoms with van der Waals surface area (Å²) in [6, 6.07) is 5.80. The van der Waals surface area contributed by atoms with Crippen LogP contribution in [0.3, 0.4) is 0 Å². The molecule has 1 rings (SSSR count). The lowest BCUT2D eigenvalue weighted by Gasteiger charge is -2.25. The molecule has 0 heterocycles. The molecular formula is C12H15F4N3O. The van der Waals surface area contributed by atoms with Crippen molar-refractivity contribution in [1.82, 2.24) is 4.90 Å². The number of benzene rings is 1. The predicted molar refractivity (Wildman–Crippen MR) is 65.7 cm³/mol. The second-order valence-corrected chi connectivity index (χ2v) is 4.41. The average molecular weight is 293 g/mol. The van der Waals surface area contributed by atoms with Gasteiger partial charge in [0, 0.05) is 18.7 Å². The van der Waals surface area contributed by atoms with Gasteiger partial charge >= 0.3 is 6.18 Å². The first-order valence-corrected chi connectivity index (χ1v) is 5.71. The fourth-order valence-corrected chi connectivity index (χ4v) is 1.73. The highest BCUT2D eigenvalue weighted by molar-refractivity contribution is 5.83. The molecule has 0 fully saturated rings. The van der Waals surface area contributed by atoms with Crippen molar-refractivity contribution in [3.05, 3.63) is 35.6 Å². The minimum atomic E-state index is -4.64. The summed E-state index contributed by atoms with van der Waals surface area (Å²) in [5, 5.41) is 10.8. The van der Waals surface area contributed by atoms with Crippen LogP contribution >= 0.6 is 0 Å². The number of nitrogens with zero attached hydrogens (tertiary/aromatic N) is 2. The second kappa shape index (κ2) is 6.56. The number of rotatable bonds is 5. The molecule has 20 heavy (non-hydrogen) atoms. The van der Waals surface area contributed by atoms with Crippen molar-refractivity contribution >= 4 is 5.84 Å². The summed E-state index contributed by atoms with van der Waals surface area (Å²) in [4.78, 5) is 1.26. The number of amidine groups is 1. The largest absolute Gasteiger partial charge is 0.409 e. The van der Waals surface area contributed by atoms with Crippen molar-refractivity contribution in [2.45, 2.75) is 12.7 Å². The number of oxime groups is 1. The fourth-order valence-electron chi connectivity index (χ4n) is 1.73. The van der Waals surface area contributed by atoms with Crippen LogP contribution in [0.4, 0.5) is 17.6 Å². The summed E-state index contributed by atoms with van der Waals surface area (Å²) in [6.45, 7) is -0.550. The van der Waals surface area contributed by atoms with E-state index in [1.165, 1.54) is 30.1 Å². The quantitative estimate of drug-likeness (QED) is 0.287. The number of alkyl halides is 3. The van der Waals surface area contributed by atoms with Crippen molar-refractivity contribution < 1.29 is 22.8 Å². The van der Waals surface area contributed by atoms with Gasteiger partial charge in [0.2, 0.25) is 0 Å². The lowest BCUT2D eigenvalue weighted by Crippen LogP contribution is -2.43. The summed E-state index contributed by atoms with van der Waals surface area (Å²) in [7, 11) is 1.40. The zero-order valence-corrected chi connectivity index (χ0v) is 10.7. The number of hydrogen-bond donors (Lipinski definition) is 2. The molecule has 0 saturated heterocycles. The topological polar surface area (TPSA) is 61.8 Å². The zero-order valence-electron chi connectivity index (χ0n) is 10.7. The van der Waals surface area contributed by atoms with Gasteiger partial charge in [-0.3, -0.25) is 0 Å². The molecule has 0 amide bonds. The molecule has 8 heteroatoms. The lowest BCUT2D eigenvalue weighted by atomic mass is 10.1. The van der Waals surface area contributed by atoms with Crippen LogP contribution < -0.4 is 5.73 Å². The first kappa shape index (κ1) is 16.2. The number of hydrogen-bond acceptors (Lipinski definition) is 3. The van der Waals surface area contributed by atoms with Crippen molar-refractivity contribution in [2.75, 3.05) is 13.6 Å². The third kappa shape index (κ3) is 4.37. The van der Waals surface area contributed by atoms with E-state index in [1.807, 2.05) is 0 Å². The van der Waals surface area contributed by atoms with E-state index in [9.17, 15) is 17.6 Å². The highest BCUT2D eigenvalue weighted by Crippen LogP contribution is 2.27. The van der Waals surface area contributed by atoms with Crippen molar-refractivity contribution in [2.24, 2.45) is 16.8 Å². The minimum Gasteiger partial charge on any atom is -0.409 e. The Bertz CT molecular complexity index is 476. The van der Waals surface area contributed by atoms with Gasteiger partial charge in [0.05, 0.1) is 0 Å². The third-order valence-electron chi connectivity index (χ3n) is 2.76. The van der Waals surface area contributed by atoms with Gasteiger partial charge in [-0.15, -0.1) is 0 Å². The van der Waals surface area contributed by atoms with Crippen molar-refractivity contribution in [3.8, 4) is 0 Å². The molecule has 1 aromatic rings. The molecule has 0 aliphatic heterocycles. The van der Waals surface area contributed by atoms with Crippen LogP contribution in [0.25, 0.3) is 0 Å². The first-order chi connectivity index (χ1) is 9.25. The molecule has 0 aliphatic carbocycles. The molecule has 1 aromatic carbocycles. The molecule has 0 bridgehead atoms.